The third-order valence-electron chi connectivity index (χ3n) is 2.12. The standard InChI is InChI=1S/C9H15N3OS/c1-7-6-10-9(14)12(7)5-4-8(13)11(2)3/h6H,4-5H2,1-3H3,(H,10,14). The van der Waals surface area contributed by atoms with Gasteiger partial charge in [-0.15, -0.1) is 0 Å². The van der Waals surface area contributed by atoms with Gasteiger partial charge >= 0.3 is 0 Å². The quantitative estimate of drug-likeness (QED) is 0.770. The molecule has 1 aromatic heterocycles. The van der Waals surface area contributed by atoms with E-state index in [2.05, 4.69) is 4.98 Å². The topological polar surface area (TPSA) is 41.0 Å². The first-order valence-electron chi connectivity index (χ1n) is 4.47. The first kappa shape index (κ1) is 11.0. The van der Waals surface area contributed by atoms with Gasteiger partial charge in [0.05, 0.1) is 0 Å². The Labute approximate surface area is 88.5 Å². The lowest BCUT2D eigenvalue weighted by Crippen LogP contribution is -2.23. The molecule has 5 heteroatoms. The van der Waals surface area contributed by atoms with Crippen molar-refractivity contribution in [1.29, 1.82) is 0 Å². The summed E-state index contributed by atoms with van der Waals surface area (Å²) < 4.78 is 2.60. The second-order valence-corrected chi connectivity index (χ2v) is 3.81. The fraction of sp³-hybridized carbons (Fsp3) is 0.556. The molecule has 78 valence electrons. The minimum atomic E-state index is 0.118. The van der Waals surface area contributed by atoms with Gasteiger partial charge in [0, 0.05) is 39.0 Å². The maximum absolute atomic E-state index is 11.3. The minimum Gasteiger partial charge on any atom is -0.349 e. The fourth-order valence-electron chi connectivity index (χ4n) is 1.19. The van der Waals surface area contributed by atoms with Crippen molar-refractivity contribution in [2.24, 2.45) is 0 Å². The summed E-state index contributed by atoms with van der Waals surface area (Å²) in [5, 5.41) is 0. The molecule has 0 saturated heterocycles. The predicted octanol–water partition coefficient (Wildman–Crippen LogP) is 1.33. The Hall–Kier alpha value is -1.10. The molecule has 4 nitrogen and oxygen atoms in total. The molecular weight excluding hydrogens is 198 g/mol. The summed E-state index contributed by atoms with van der Waals surface area (Å²) in [5.41, 5.74) is 1.06. The van der Waals surface area contributed by atoms with Crippen molar-refractivity contribution in [3.8, 4) is 0 Å². The van der Waals surface area contributed by atoms with Crippen LogP contribution in [0.1, 0.15) is 12.1 Å². The first-order chi connectivity index (χ1) is 6.52. The molecule has 14 heavy (non-hydrogen) atoms. The van der Waals surface area contributed by atoms with Gasteiger partial charge in [-0.3, -0.25) is 4.79 Å². The third kappa shape index (κ3) is 2.45. The average molecular weight is 213 g/mol. The van der Waals surface area contributed by atoms with Crippen LogP contribution >= 0.6 is 12.2 Å². The number of imidazole rings is 1. The molecule has 0 saturated carbocycles. The van der Waals surface area contributed by atoms with Crippen molar-refractivity contribution >= 4 is 18.1 Å². The van der Waals surface area contributed by atoms with Gasteiger partial charge in [-0.2, -0.15) is 0 Å². The molecule has 1 aromatic rings. The predicted molar refractivity (Wildman–Crippen MR) is 57.7 cm³/mol. The number of hydrogen-bond acceptors (Lipinski definition) is 2. The Morgan fingerprint density at radius 3 is 2.71 bits per heavy atom. The zero-order chi connectivity index (χ0) is 10.7. The number of nitrogens with zero attached hydrogens (tertiary/aromatic N) is 2. The molecule has 0 aromatic carbocycles. The largest absolute Gasteiger partial charge is 0.349 e. The minimum absolute atomic E-state index is 0.118. The number of H-pyrrole nitrogens is 1. The van der Waals surface area contributed by atoms with Crippen LogP contribution in [-0.4, -0.2) is 34.5 Å². The second-order valence-electron chi connectivity index (χ2n) is 3.43. The molecule has 0 unspecified atom stereocenters. The summed E-state index contributed by atoms with van der Waals surface area (Å²) in [6, 6.07) is 0. The Morgan fingerprint density at radius 1 is 1.64 bits per heavy atom. The molecule has 0 bridgehead atoms. The van der Waals surface area contributed by atoms with Crippen LogP contribution in [0, 0.1) is 11.7 Å². The maximum atomic E-state index is 11.3. The van der Waals surface area contributed by atoms with Crippen molar-refractivity contribution in [2.75, 3.05) is 14.1 Å². The molecule has 1 N–H and O–H groups in total. The summed E-state index contributed by atoms with van der Waals surface area (Å²) >= 11 is 5.07. The van der Waals surface area contributed by atoms with Gasteiger partial charge < -0.3 is 14.5 Å². The van der Waals surface area contributed by atoms with Crippen molar-refractivity contribution in [3.05, 3.63) is 16.7 Å². The van der Waals surface area contributed by atoms with Crippen LogP contribution in [0.3, 0.4) is 0 Å². The number of carbonyl (C=O) groups excluding carboxylic acids is 1. The summed E-state index contributed by atoms with van der Waals surface area (Å²) in [7, 11) is 3.51. The van der Waals surface area contributed by atoms with Crippen molar-refractivity contribution in [3.63, 3.8) is 0 Å². The van der Waals surface area contributed by atoms with Crippen LogP contribution in [0.25, 0.3) is 0 Å². The van der Waals surface area contributed by atoms with Gasteiger partial charge in [0.25, 0.3) is 0 Å². The smallest absolute Gasteiger partial charge is 0.223 e. The Balaban J connectivity index is 2.62. The van der Waals surface area contributed by atoms with E-state index >= 15 is 0 Å². The van der Waals surface area contributed by atoms with E-state index < -0.39 is 0 Å². The lowest BCUT2D eigenvalue weighted by molar-refractivity contribution is -0.128. The lowest BCUT2D eigenvalue weighted by atomic mass is 10.3. The van der Waals surface area contributed by atoms with E-state index in [0.29, 0.717) is 17.7 Å². The van der Waals surface area contributed by atoms with Crippen molar-refractivity contribution in [2.45, 2.75) is 19.9 Å². The molecule has 1 heterocycles. The van der Waals surface area contributed by atoms with Crippen LogP contribution in [0.15, 0.2) is 6.20 Å². The number of amides is 1. The molecule has 0 spiro atoms. The fourth-order valence-corrected chi connectivity index (χ4v) is 1.49. The number of carbonyl (C=O) groups is 1. The SMILES string of the molecule is Cc1c[nH]c(=S)n1CCC(=O)N(C)C. The molecule has 0 aliphatic heterocycles. The lowest BCUT2D eigenvalue weighted by Gasteiger charge is -2.10. The second kappa shape index (κ2) is 4.41. The molecule has 0 radical (unpaired) electrons. The maximum Gasteiger partial charge on any atom is 0.223 e. The van der Waals surface area contributed by atoms with E-state index in [4.69, 9.17) is 12.2 Å². The van der Waals surface area contributed by atoms with Crippen LogP contribution in [0.5, 0.6) is 0 Å². The van der Waals surface area contributed by atoms with Crippen LogP contribution < -0.4 is 0 Å². The number of nitrogens with one attached hydrogen (secondary N) is 1. The van der Waals surface area contributed by atoms with Gasteiger partial charge in [0.15, 0.2) is 4.77 Å². The molecular formula is C9H15N3OS. The number of aromatic amines is 1. The van der Waals surface area contributed by atoms with Crippen molar-refractivity contribution < 1.29 is 4.79 Å². The van der Waals surface area contributed by atoms with E-state index in [9.17, 15) is 4.79 Å². The van der Waals surface area contributed by atoms with E-state index in [1.807, 2.05) is 17.7 Å². The molecule has 0 atom stereocenters. The third-order valence-corrected chi connectivity index (χ3v) is 2.46. The highest BCUT2D eigenvalue weighted by molar-refractivity contribution is 7.71. The molecule has 1 amide bonds. The van der Waals surface area contributed by atoms with E-state index in [0.717, 1.165) is 5.69 Å². The molecule has 1 rings (SSSR count). The molecule has 0 fully saturated rings. The van der Waals surface area contributed by atoms with Crippen LogP contribution in [-0.2, 0) is 11.3 Å². The van der Waals surface area contributed by atoms with E-state index in [1.165, 1.54) is 0 Å². The first-order valence-corrected chi connectivity index (χ1v) is 4.88. The highest BCUT2D eigenvalue weighted by Gasteiger charge is 2.05. The monoisotopic (exact) mass is 213 g/mol. The summed E-state index contributed by atoms with van der Waals surface area (Å²) in [4.78, 5) is 15.9. The van der Waals surface area contributed by atoms with Gasteiger partial charge in [-0.1, -0.05) is 0 Å². The normalized spacial score (nSPS) is 10.2. The number of aryl methyl sites for hydroxylation is 1. The average Bonchev–Trinajstić information content (AvgIpc) is 2.43. The van der Waals surface area contributed by atoms with Crippen LogP contribution in [0.4, 0.5) is 0 Å². The molecule has 0 aliphatic carbocycles. The van der Waals surface area contributed by atoms with Gasteiger partial charge in [0.2, 0.25) is 5.91 Å². The molecule has 0 aliphatic rings. The van der Waals surface area contributed by atoms with Gasteiger partial charge in [-0.05, 0) is 19.1 Å². The Morgan fingerprint density at radius 2 is 2.29 bits per heavy atom. The van der Waals surface area contributed by atoms with E-state index in [-0.39, 0.29) is 5.91 Å². The number of aromatic nitrogens is 2. The highest BCUT2D eigenvalue weighted by atomic mass is 32.1. The zero-order valence-corrected chi connectivity index (χ0v) is 9.52. The number of rotatable bonds is 3. The highest BCUT2D eigenvalue weighted by Crippen LogP contribution is 2.02. The Kier molecular flexibility index (Phi) is 3.46. The van der Waals surface area contributed by atoms with Crippen LogP contribution in [0.2, 0.25) is 0 Å². The summed E-state index contributed by atoms with van der Waals surface area (Å²) in [6.07, 6.45) is 2.34. The van der Waals surface area contributed by atoms with Gasteiger partial charge in [-0.25, -0.2) is 0 Å². The Bertz CT molecular complexity index is 378. The summed E-state index contributed by atoms with van der Waals surface area (Å²) in [5.74, 6) is 0.118. The zero-order valence-electron chi connectivity index (χ0n) is 8.70. The number of hydrogen-bond donors (Lipinski definition) is 1. The van der Waals surface area contributed by atoms with E-state index in [1.54, 1.807) is 19.0 Å². The van der Waals surface area contributed by atoms with Gasteiger partial charge in [0.1, 0.15) is 0 Å². The summed E-state index contributed by atoms with van der Waals surface area (Å²) in [6.45, 7) is 2.61. The van der Waals surface area contributed by atoms with Crippen molar-refractivity contribution in [1.82, 2.24) is 14.5 Å².